The summed E-state index contributed by atoms with van der Waals surface area (Å²) in [6, 6.07) is 13.8. The highest BCUT2D eigenvalue weighted by molar-refractivity contribution is 9.11. The average Bonchev–Trinajstić information content (AvgIpc) is 3.14. The molecule has 1 aliphatic carbocycles. The molecule has 1 fully saturated rings. The number of allylic oxidation sites excluding steroid dienone is 1. The van der Waals surface area contributed by atoms with Gasteiger partial charge in [0.15, 0.2) is 0 Å². The number of alkyl halides is 1. The molecule has 0 aromatic heterocycles. The minimum atomic E-state index is -0.254. The summed E-state index contributed by atoms with van der Waals surface area (Å²) in [6.45, 7) is 2.40. The van der Waals surface area contributed by atoms with Crippen LogP contribution in [0, 0.1) is 0 Å². The Labute approximate surface area is 174 Å². The highest BCUT2D eigenvalue weighted by Gasteiger charge is 2.24. The summed E-state index contributed by atoms with van der Waals surface area (Å²) in [5, 5.41) is 9.94. The van der Waals surface area contributed by atoms with Gasteiger partial charge in [-0.3, -0.25) is 9.29 Å². The molecular formula is C23H25BrFNO2. The number of nitrogens with zero attached hydrogens (tertiary/aromatic N) is 1. The van der Waals surface area contributed by atoms with Gasteiger partial charge in [0.2, 0.25) is 0 Å². The highest BCUT2D eigenvalue weighted by Crippen LogP contribution is 2.40. The molecule has 1 unspecified atom stereocenters. The number of aryl methyl sites for hydroxylation is 1. The van der Waals surface area contributed by atoms with Crippen LogP contribution >= 0.6 is 15.9 Å². The fraction of sp³-hybridized carbons (Fsp3) is 0.391. The van der Waals surface area contributed by atoms with Gasteiger partial charge in [-0.15, -0.1) is 0 Å². The Kier molecular flexibility index (Phi) is 6.02. The van der Waals surface area contributed by atoms with E-state index in [2.05, 4.69) is 33.0 Å². The van der Waals surface area contributed by atoms with Gasteiger partial charge in [-0.2, -0.15) is 0 Å². The Morgan fingerprint density at radius 1 is 1.14 bits per heavy atom. The second-order valence-electron chi connectivity index (χ2n) is 7.52. The molecule has 1 saturated heterocycles. The summed E-state index contributed by atoms with van der Waals surface area (Å²) < 4.78 is 19.7. The van der Waals surface area contributed by atoms with Gasteiger partial charge in [-0.1, -0.05) is 34.1 Å². The Morgan fingerprint density at radius 2 is 1.96 bits per heavy atom. The Bertz CT molecular complexity index is 865. The van der Waals surface area contributed by atoms with E-state index in [-0.39, 0.29) is 18.5 Å². The van der Waals surface area contributed by atoms with Crippen LogP contribution < -0.4 is 4.74 Å². The van der Waals surface area contributed by atoms with Crippen molar-refractivity contribution in [1.82, 2.24) is 4.90 Å². The average molecular weight is 446 g/mol. The van der Waals surface area contributed by atoms with E-state index in [1.807, 2.05) is 24.3 Å². The van der Waals surface area contributed by atoms with Crippen molar-refractivity contribution in [2.45, 2.75) is 31.8 Å². The van der Waals surface area contributed by atoms with E-state index >= 15 is 0 Å². The first-order valence-corrected chi connectivity index (χ1v) is 10.7. The van der Waals surface area contributed by atoms with E-state index in [9.17, 15) is 9.50 Å². The number of hydrogen-bond donors (Lipinski definition) is 1. The summed E-state index contributed by atoms with van der Waals surface area (Å²) in [5.41, 5.74) is 4.60. The maximum absolute atomic E-state index is 12.3. The zero-order valence-corrected chi connectivity index (χ0v) is 17.4. The molecule has 5 heteroatoms. The van der Waals surface area contributed by atoms with Gasteiger partial charge >= 0.3 is 0 Å². The molecule has 148 valence electrons. The Balaban J connectivity index is 1.48. The quantitative estimate of drug-likeness (QED) is 0.653. The van der Waals surface area contributed by atoms with Crippen molar-refractivity contribution in [3.8, 4) is 11.5 Å². The smallest absolute Gasteiger partial charge is 0.119 e. The minimum absolute atomic E-state index is 0.170. The molecule has 28 heavy (non-hydrogen) atoms. The number of benzene rings is 2. The van der Waals surface area contributed by atoms with E-state index < -0.39 is 0 Å². The van der Waals surface area contributed by atoms with Crippen LogP contribution in [-0.4, -0.2) is 42.4 Å². The zero-order chi connectivity index (χ0) is 19.5. The van der Waals surface area contributed by atoms with Crippen LogP contribution in [-0.2, 0) is 6.42 Å². The lowest BCUT2D eigenvalue weighted by molar-refractivity contribution is 0.198. The third kappa shape index (κ3) is 4.26. The second-order valence-corrected chi connectivity index (χ2v) is 8.47. The number of aromatic hydroxyl groups is 1. The molecule has 2 aromatic rings. The predicted octanol–water partition coefficient (Wildman–Crippen LogP) is 5.31. The monoisotopic (exact) mass is 445 g/mol. The zero-order valence-electron chi connectivity index (χ0n) is 15.8. The lowest BCUT2D eigenvalue weighted by Crippen LogP contribution is -2.26. The third-order valence-electron chi connectivity index (χ3n) is 5.53. The molecule has 1 heterocycles. The molecule has 0 radical (unpaired) electrons. The van der Waals surface area contributed by atoms with Gasteiger partial charge in [0, 0.05) is 24.1 Å². The number of halogens is 2. The van der Waals surface area contributed by atoms with Crippen LogP contribution in [0.1, 0.15) is 36.0 Å². The first-order valence-electron chi connectivity index (χ1n) is 9.90. The molecule has 1 atom stereocenters. The van der Waals surface area contributed by atoms with Gasteiger partial charge in [0.05, 0.1) is 6.67 Å². The first kappa shape index (κ1) is 19.5. The van der Waals surface area contributed by atoms with Crippen LogP contribution in [0.25, 0.3) is 5.57 Å². The molecule has 1 N–H and O–H groups in total. The van der Waals surface area contributed by atoms with Crippen molar-refractivity contribution < 1.29 is 14.2 Å². The topological polar surface area (TPSA) is 32.7 Å². The second kappa shape index (κ2) is 8.66. The fourth-order valence-electron chi connectivity index (χ4n) is 4.12. The van der Waals surface area contributed by atoms with Crippen LogP contribution in [0.5, 0.6) is 11.5 Å². The van der Waals surface area contributed by atoms with E-state index in [1.165, 1.54) is 10.0 Å². The molecule has 4 rings (SSSR count). The number of fused-ring (bicyclic) bond motifs is 1. The van der Waals surface area contributed by atoms with E-state index in [4.69, 9.17) is 4.74 Å². The summed E-state index contributed by atoms with van der Waals surface area (Å²) >= 11 is 3.74. The number of rotatable bonds is 6. The van der Waals surface area contributed by atoms with Crippen molar-refractivity contribution in [2.24, 2.45) is 0 Å². The first-order chi connectivity index (χ1) is 13.6. The fourth-order valence-corrected chi connectivity index (χ4v) is 4.76. The van der Waals surface area contributed by atoms with Gasteiger partial charge in [-0.25, -0.2) is 0 Å². The van der Waals surface area contributed by atoms with Crippen molar-refractivity contribution in [3.05, 3.63) is 63.6 Å². The van der Waals surface area contributed by atoms with Crippen LogP contribution in [0.3, 0.4) is 0 Å². The number of phenolic OH excluding ortho intramolecular Hbond substituents is 1. The van der Waals surface area contributed by atoms with Gasteiger partial charge in [0.25, 0.3) is 0 Å². The van der Waals surface area contributed by atoms with E-state index in [0.29, 0.717) is 6.42 Å². The number of hydrogen-bond acceptors (Lipinski definition) is 3. The van der Waals surface area contributed by atoms with Crippen LogP contribution in [0.2, 0.25) is 0 Å². The SMILES string of the molecule is Oc1ccc2c(c1)C(c1ccc(OC3CCN(CCCF)C3)cc1)=C(Br)CC2. The van der Waals surface area contributed by atoms with E-state index in [1.54, 1.807) is 6.07 Å². The Hall–Kier alpha value is -1.85. The van der Waals surface area contributed by atoms with Crippen LogP contribution in [0.4, 0.5) is 4.39 Å². The molecule has 1 aliphatic heterocycles. The molecular weight excluding hydrogens is 421 g/mol. The van der Waals surface area contributed by atoms with Crippen molar-refractivity contribution in [2.75, 3.05) is 26.3 Å². The molecule has 0 amide bonds. The molecule has 2 aromatic carbocycles. The minimum Gasteiger partial charge on any atom is -0.508 e. The normalized spacial score (nSPS) is 19.7. The van der Waals surface area contributed by atoms with Crippen molar-refractivity contribution >= 4 is 21.5 Å². The van der Waals surface area contributed by atoms with Crippen LogP contribution in [0.15, 0.2) is 46.9 Å². The number of likely N-dealkylation sites (tertiary alicyclic amines) is 1. The highest BCUT2D eigenvalue weighted by atomic mass is 79.9. The maximum atomic E-state index is 12.3. The number of ether oxygens (including phenoxy) is 1. The maximum Gasteiger partial charge on any atom is 0.119 e. The summed E-state index contributed by atoms with van der Waals surface area (Å²) in [5.74, 6) is 1.15. The molecule has 0 saturated carbocycles. The molecule has 2 aliphatic rings. The van der Waals surface area contributed by atoms with Gasteiger partial charge < -0.3 is 9.84 Å². The standard InChI is InChI=1S/C23H25BrFNO2/c24-22-9-5-16-2-6-18(27)14-21(16)23(22)17-3-7-19(8-4-17)28-20-10-13-26(15-20)12-1-11-25/h2-4,6-8,14,20,27H,1,5,9-13,15H2. The van der Waals surface area contributed by atoms with Gasteiger partial charge in [-0.05, 0) is 72.2 Å². The molecule has 3 nitrogen and oxygen atoms in total. The van der Waals surface area contributed by atoms with Crippen molar-refractivity contribution in [1.29, 1.82) is 0 Å². The predicted molar refractivity (Wildman–Crippen MR) is 114 cm³/mol. The largest absolute Gasteiger partial charge is 0.508 e. The summed E-state index contributed by atoms with van der Waals surface area (Å²) in [6.07, 6.45) is 3.69. The summed E-state index contributed by atoms with van der Waals surface area (Å²) in [4.78, 5) is 2.27. The lowest BCUT2D eigenvalue weighted by atomic mass is 9.87. The third-order valence-corrected chi connectivity index (χ3v) is 6.32. The van der Waals surface area contributed by atoms with Gasteiger partial charge in [0.1, 0.15) is 17.6 Å². The Morgan fingerprint density at radius 3 is 2.75 bits per heavy atom. The molecule has 0 bridgehead atoms. The van der Waals surface area contributed by atoms with Crippen molar-refractivity contribution in [3.63, 3.8) is 0 Å². The summed E-state index contributed by atoms with van der Waals surface area (Å²) in [7, 11) is 0. The molecule has 0 spiro atoms. The van der Waals surface area contributed by atoms with E-state index in [0.717, 1.165) is 61.3 Å². The lowest BCUT2D eigenvalue weighted by Gasteiger charge is -2.22. The number of phenols is 1.